The Morgan fingerprint density at radius 2 is 1.81 bits per heavy atom. The summed E-state index contributed by atoms with van der Waals surface area (Å²) >= 11 is 0. The average molecular weight is 418 g/mol. The summed E-state index contributed by atoms with van der Waals surface area (Å²) in [5.41, 5.74) is 1.77. The molecule has 162 valence electrons. The van der Waals surface area contributed by atoms with Crippen molar-refractivity contribution >= 4 is 22.6 Å². The van der Waals surface area contributed by atoms with Gasteiger partial charge in [-0.2, -0.15) is 0 Å². The van der Waals surface area contributed by atoms with Crippen molar-refractivity contribution in [3.8, 4) is 0 Å². The average Bonchev–Trinajstić information content (AvgIpc) is 3.55. The Morgan fingerprint density at radius 3 is 2.48 bits per heavy atom. The Morgan fingerprint density at radius 1 is 1.06 bits per heavy atom. The first-order valence-corrected chi connectivity index (χ1v) is 11.2. The Kier molecular flexibility index (Phi) is 6.12. The van der Waals surface area contributed by atoms with Gasteiger partial charge in [0, 0.05) is 36.6 Å². The van der Waals surface area contributed by atoms with Gasteiger partial charge in [-0.1, -0.05) is 43.3 Å². The molecule has 3 aromatic rings. The lowest BCUT2D eigenvalue weighted by molar-refractivity contribution is -0.133. The van der Waals surface area contributed by atoms with Crippen LogP contribution in [0.25, 0.3) is 10.8 Å². The zero-order valence-corrected chi connectivity index (χ0v) is 18.6. The molecule has 0 bridgehead atoms. The molecule has 1 heterocycles. The maximum Gasteiger partial charge on any atom is 0.255 e. The molecule has 5 heteroatoms. The largest absolute Gasteiger partial charge is 0.353 e. The second-order valence-corrected chi connectivity index (χ2v) is 8.58. The van der Waals surface area contributed by atoms with E-state index < -0.39 is 0 Å². The van der Waals surface area contributed by atoms with Crippen LogP contribution < -0.4 is 0 Å². The number of fused-ring (bicyclic) bond motifs is 1. The Labute approximate surface area is 184 Å². The minimum absolute atomic E-state index is 0.0218. The summed E-state index contributed by atoms with van der Waals surface area (Å²) in [7, 11) is 2.00. The minimum Gasteiger partial charge on any atom is -0.353 e. The van der Waals surface area contributed by atoms with E-state index in [9.17, 15) is 9.59 Å². The third-order valence-corrected chi connectivity index (χ3v) is 6.40. The van der Waals surface area contributed by atoms with E-state index in [2.05, 4.69) is 17.6 Å². The van der Waals surface area contributed by atoms with Crippen LogP contribution in [0.3, 0.4) is 0 Å². The minimum atomic E-state index is -0.0749. The molecule has 1 fully saturated rings. The van der Waals surface area contributed by atoms with Gasteiger partial charge in [0.05, 0.1) is 6.54 Å². The maximum absolute atomic E-state index is 13.6. The van der Waals surface area contributed by atoms with E-state index in [1.807, 2.05) is 73.6 Å². The zero-order valence-electron chi connectivity index (χ0n) is 18.6. The first-order chi connectivity index (χ1) is 15.0. The van der Waals surface area contributed by atoms with E-state index in [1.54, 1.807) is 4.90 Å². The number of rotatable bonds is 8. The summed E-state index contributed by atoms with van der Waals surface area (Å²) in [6.45, 7) is 4.78. The van der Waals surface area contributed by atoms with Crippen LogP contribution in [0.5, 0.6) is 0 Å². The molecule has 1 unspecified atom stereocenters. The molecule has 0 saturated heterocycles. The van der Waals surface area contributed by atoms with E-state index in [1.165, 1.54) is 0 Å². The number of nitrogens with zero attached hydrogens (tertiary/aromatic N) is 3. The van der Waals surface area contributed by atoms with Gasteiger partial charge in [0.25, 0.3) is 5.91 Å². The molecule has 5 nitrogen and oxygen atoms in total. The Hall–Kier alpha value is -3.08. The predicted molar refractivity (Wildman–Crippen MR) is 124 cm³/mol. The van der Waals surface area contributed by atoms with Gasteiger partial charge in [-0.05, 0) is 55.2 Å². The lowest BCUT2D eigenvalue weighted by atomic mass is 10.0. The fraction of sp³-hybridized carbons (Fsp3) is 0.385. The number of amides is 2. The molecule has 1 aliphatic carbocycles. The molecule has 0 aliphatic heterocycles. The molecule has 2 aromatic carbocycles. The van der Waals surface area contributed by atoms with E-state index in [4.69, 9.17) is 0 Å². The molecular formula is C26H31N3O2. The van der Waals surface area contributed by atoms with Gasteiger partial charge in [-0.15, -0.1) is 0 Å². The van der Waals surface area contributed by atoms with Gasteiger partial charge in [0.15, 0.2) is 0 Å². The maximum atomic E-state index is 13.6. The van der Waals surface area contributed by atoms with Crippen LogP contribution >= 0.6 is 0 Å². The van der Waals surface area contributed by atoms with Crippen molar-refractivity contribution in [2.45, 2.75) is 51.7 Å². The third-order valence-electron chi connectivity index (χ3n) is 6.40. The Balaban J connectivity index is 1.59. The van der Waals surface area contributed by atoms with Crippen LogP contribution in [0.1, 0.15) is 49.2 Å². The molecule has 0 N–H and O–H groups in total. The molecule has 4 rings (SSSR count). The number of hydrogen-bond acceptors (Lipinski definition) is 2. The molecule has 1 aliphatic rings. The van der Waals surface area contributed by atoms with Gasteiger partial charge < -0.3 is 14.4 Å². The van der Waals surface area contributed by atoms with Crippen LogP contribution in [-0.2, 0) is 18.4 Å². The fourth-order valence-corrected chi connectivity index (χ4v) is 4.09. The van der Waals surface area contributed by atoms with Gasteiger partial charge in [-0.25, -0.2) is 0 Å². The normalized spacial score (nSPS) is 14.4. The van der Waals surface area contributed by atoms with Crippen LogP contribution in [-0.4, -0.2) is 44.8 Å². The van der Waals surface area contributed by atoms with Crippen molar-refractivity contribution in [3.63, 3.8) is 0 Å². The van der Waals surface area contributed by atoms with E-state index >= 15 is 0 Å². The highest BCUT2D eigenvalue weighted by atomic mass is 16.2. The number of benzene rings is 2. The van der Waals surface area contributed by atoms with Crippen LogP contribution in [0.15, 0.2) is 60.8 Å². The zero-order chi connectivity index (χ0) is 22.0. The highest BCUT2D eigenvalue weighted by Crippen LogP contribution is 2.29. The van der Waals surface area contributed by atoms with Gasteiger partial charge in [0.2, 0.25) is 5.91 Å². The van der Waals surface area contributed by atoms with Crippen molar-refractivity contribution < 1.29 is 9.59 Å². The molecule has 31 heavy (non-hydrogen) atoms. The first kappa shape index (κ1) is 21.2. The fourth-order valence-electron chi connectivity index (χ4n) is 4.09. The van der Waals surface area contributed by atoms with Crippen molar-refractivity contribution in [1.82, 2.24) is 14.4 Å². The SMILES string of the molecule is CCC(C)N(CC(=O)N(Cc1cccn1C)C1CC1)C(=O)c1cccc2ccccc12. The summed E-state index contributed by atoms with van der Waals surface area (Å²) in [6.07, 6.45) is 4.87. The molecule has 2 amide bonds. The van der Waals surface area contributed by atoms with Gasteiger partial charge in [0.1, 0.15) is 6.54 Å². The van der Waals surface area contributed by atoms with E-state index in [0.29, 0.717) is 12.1 Å². The Bertz CT molecular complexity index is 1080. The van der Waals surface area contributed by atoms with Crippen LogP contribution in [0, 0.1) is 0 Å². The van der Waals surface area contributed by atoms with Crippen LogP contribution in [0.2, 0.25) is 0 Å². The predicted octanol–water partition coefficient (Wildman–Crippen LogP) is 4.61. The van der Waals surface area contributed by atoms with Crippen molar-refractivity contribution in [1.29, 1.82) is 0 Å². The summed E-state index contributed by atoms with van der Waals surface area (Å²) in [6, 6.07) is 18.0. The topological polar surface area (TPSA) is 45.6 Å². The molecule has 0 radical (unpaired) electrons. The highest BCUT2D eigenvalue weighted by Gasteiger charge is 2.35. The highest BCUT2D eigenvalue weighted by molar-refractivity contribution is 6.07. The first-order valence-electron chi connectivity index (χ1n) is 11.2. The van der Waals surface area contributed by atoms with Crippen molar-refractivity contribution in [2.75, 3.05) is 6.54 Å². The summed E-state index contributed by atoms with van der Waals surface area (Å²) < 4.78 is 2.05. The summed E-state index contributed by atoms with van der Waals surface area (Å²) in [5, 5.41) is 1.96. The van der Waals surface area contributed by atoms with Crippen molar-refractivity contribution in [2.24, 2.45) is 7.05 Å². The van der Waals surface area contributed by atoms with Crippen molar-refractivity contribution in [3.05, 3.63) is 72.1 Å². The second-order valence-electron chi connectivity index (χ2n) is 8.58. The quantitative estimate of drug-likeness (QED) is 0.537. The van der Waals surface area contributed by atoms with E-state index in [0.717, 1.165) is 35.7 Å². The van der Waals surface area contributed by atoms with E-state index in [-0.39, 0.29) is 30.4 Å². The number of aryl methyl sites for hydroxylation is 1. The van der Waals surface area contributed by atoms with Crippen LogP contribution in [0.4, 0.5) is 0 Å². The van der Waals surface area contributed by atoms with Gasteiger partial charge in [-0.3, -0.25) is 9.59 Å². The number of aromatic nitrogens is 1. The molecule has 1 saturated carbocycles. The number of carbonyl (C=O) groups excluding carboxylic acids is 2. The second kappa shape index (κ2) is 8.96. The summed E-state index contributed by atoms with van der Waals surface area (Å²) in [5.74, 6) is -0.0494. The standard InChI is InChI=1S/C26H31N3O2/c1-4-19(2)28(26(31)24-13-7-10-20-9-5-6-12-23(20)24)18-25(30)29(21-14-15-21)17-22-11-8-16-27(22)3/h5-13,16,19,21H,4,14-15,17-18H2,1-3H3. The summed E-state index contributed by atoms with van der Waals surface area (Å²) in [4.78, 5) is 30.8. The lowest BCUT2D eigenvalue weighted by Gasteiger charge is -2.32. The number of hydrogen-bond donors (Lipinski definition) is 0. The monoisotopic (exact) mass is 417 g/mol. The molecular weight excluding hydrogens is 386 g/mol. The molecule has 0 spiro atoms. The molecule has 1 aromatic heterocycles. The smallest absolute Gasteiger partial charge is 0.255 e. The third kappa shape index (κ3) is 4.50. The number of carbonyl (C=O) groups is 2. The van der Waals surface area contributed by atoms with Gasteiger partial charge >= 0.3 is 0 Å². The lowest BCUT2D eigenvalue weighted by Crippen LogP contribution is -2.47. The molecule has 1 atom stereocenters.